The normalized spacial score (nSPS) is 34.9. The Balaban J connectivity index is 1.68. The van der Waals surface area contributed by atoms with Gasteiger partial charge in [-0.05, 0) is 50.0 Å². The third kappa shape index (κ3) is 2.29. The van der Waals surface area contributed by atoms with E-state index in [0.29, 0.717) is 23.8 Å². The number of hydrogen-bond acceptors (Lipinski definition) is 2. The molecule has 1 N–H and O–H groups in total. The number of nitrogens with one attached hydrogen (secondary N) is 1. The van der Waals surface area contributed by atoms with Gasteiger partial charge in [-0.15, -0.1) is 0 Å². The van der Waals surface area contributed by atoms with Gasteiger partial charge in [0, 0.05) is 12.6 Å². The summed E-state index contributed by atoms with van der Waals surface area (Å²) in [5.74, 6) is 2.39. The molecule has 102 valence electrons. The topological polar surface area (TPSA) is 32.3 Å². The fraction of sp³-hybridized carbons (Fsp3) is 0.933. The van der Waals surface area contributed by atoms with Crippen LogP contribution in [0.1, 0.15) is 46.0 Å². The molecule has 1 aliphatic heterocycles. The average molecular weight is 250 g/mol. The molecule has 18 heavy (non-hydrogen) atoms. The van der Waals surface area contributed by atoms with Gasteiger partial charge in [0.1, 0.15) is 0 Å². The van der Waals surface area contributed by atoms with Crippen LogP contribution in [0.15, 0.2) is 0 Å². The van der Waals surface area contributed by atoms with E-state index in [2.05, 4.69) is 24.1 Å². The van der Waals surface area contributed by atoms with Gasteiger partial charge in [0.2, 0.25) is 5.91 Å². The summed E-state index contributed by atoms with van der Waals surface area (Å²) in [6.45, 7) is 6.44. The maximum Gasteiger partial charge on any atom is 0.240 e. The lowest BCUT2D eigenvalue weighted by atomic mass is 9.93. The monoisotopic (exact) mass is 250 g/mol. The molecule has 3 rings (SSSR count). The molecule has 3 nitrogen and oxygen atoms in total. The second-order valence-electron chi connectivity index (χ2n) is 6.86. The summed E-state index contributed by atoms with van der Waals surface area (Å²) in [6, 6.07) is 0.694. The standard InChI is InChI=1S/C15H26N2O/c1-10(2)9-17(12-6-7-12)15(18)14-13-5-3-4-11(13)8-16-14/h10-14,16H,3-9H2,1-2H3. The van der Waals surface area contributed by atoms with Gasteiger partial charge < -0.3 is 10.2 Å². The summed E-state index contributed by atoms with van der Waals surface area (Å²) >= 11 is 0. The van der Waals surface area contributed by atoms with Crippen LogP contribution < -0.4 is 5.32 Å². The molecule has 0 aromatic carbocycles. The van der Waals surface area contributed by atoms with Gasteiger partial charge >= 0.3 is 0 Å². The molecule has 3 aliphatic rings. The Hall–Kier alpha value is -0.570. The van der Waals surface area contributed by atoms with E-state index in [9.17, 15) is 4.79 Å². The maximum atomic E-state index is 12.8. The van der Waals surface area contributed by atoms with Crippen molar-refractivity contribution in [2.24, 2.45) is 17.8 Å². The van der Waals surface area contributed by atoms with E-state index in [1.807, 2.05) is 0 Å². The van der Waals surface area contributed by atoms with Gasteiger partial charge in [-0.2, -0.15) is 0 Å². The molecule has 2 aliphatic carbocycles. The Kier molecular flexibility index (Phi) is 3.35. The van der Waals surface area contributed by atoms with Crippen molar-refractivity contribution in [3.05, 3.63) is 0 Å². The smallest absolute Gasteiger partial charge is 0.240 e. The Morgan fingerprint density at radius 2 is 2.06 bits per heavy atom. The second-order valence-corrected chi connectivity index (χ2v) is 6.86. The van der Waals surface area contributed by atoms with Gasteiger partial charge in [0.25, 0.3) is 0 Å². The molecule has 1 saturated heterocycles. The zero-order chi connectivity index (χ0) is 12.7. The zero-order valence-corrected chi connectivity index (χ0v) is 11.7. The third-order valence-electron chi connectivity index (χ3n) is 4.84. The van der Waals surface area contributed by atoms with E-state index in [0.717, 1.165) is 19.0 Å². The number of carbonyl (C=O) groups excluding carboxylic acids is 1. The molecule has 3 atom stereocenters. The Bertz CT molecular complexity index is 320. The van der Waals surface area contributed by atoms with Crippen molar-refractivity contribution < 1.29 is 4.79 Å². The van der Waals surface area contributed by atoms with Gasteiger partial charge in [0.15, 0.2) is 0 Å². The van der Waals surface area contributed by atoms with Crippen LogP contribution >= 0.6 is 0 Å². The first-order valence-electron chi connectivity index (χ1n) is 7.70. The van der Waals surface area contributed by atoms with Crippen molar-refractivity contribution in [1.29, 1.82) is 0 Å². The van der Waals surface area contributed by atoms with Crippen molar-refractivity contribution in [3.8, 4) is 0 Å². The predicted molar refractivity (Wildman–Crippen MR) is 72.2 cm³/mol. The molecule has 3 fully saturated rings. The molecule has 3 heteroatoms. The SMILES string of the molecule is CC(C)CN(C(=O)C1NCC2CCCC21)C1CC1. The molecule has 3 unspecified atom stereocenters. The van der Waals surface area contributed by atoms with Crippen LogP contribution in [0, 0.1) is 17.8 Å². The minimum Gasteiger partial charge on any atom is -0.338 e. The van der Waals surface area contributed by atoms with Crippen molar-refractivity contribution in [1.82, 2.24) is 10.2 Å². The van der Waals surface area contributed by atoms with E-state index in [-0.39, 0.29) is 6.04 Å². The Labute approximate surface area is 110 Å². The van der Waals surface area contributed by atoms with Crippen LogP contribution in [0.4, 0.5) is 0 Å². The molecule has 1 amide bonds. The summed E-state index contributed by atoms with van der Waals surface area (Å²) in [6.07, 6.45) is 6.36. The van der Waals surface area contributed by atoms with Crippen LogP contribution in [-0.2, 0) is 4.79 Å². The molecule has 0 radical (unpaired) electrons. The number of fused-ring (bicyclic) bond motifs is 1. The van der Waals surface area contributed by atoms with Gasteiger partial charge in [-0.3, -0.25) is 4.79 Å². The lowest BCUT2D eigenvalue weighted by Crippen LogP contribution is -2.48. The van der Waals surface area contributed by atoms with Gasteiger partial charge in [-0.1, -0.05) is 20.3 Å². The van der Waals surface area contributed by atoms with E-state index in [1.54, 1.807) is 0 Å². The fourth-order valence-corrected chi connectivity index (χ4v) is 3.84. The molecule has 0 aromatic rings. The van der Waals surface area contributed by atoms with Crippen LogP contribution in [0.25, 0.3) is 0 Å². The van der Waals surface area contributed by atoms with E-state index in [4.69, 9.17) is 0 Å². The first-order chi connectivity index (χ1) is 8.66. The maximum absolute atomic E-state index is 12.8. The molecule has 0 aromatic heterocycles. The van der Waals surface area contributed by atoms with Crippen molar-refractivity contribution in [2.75, 3.05) is 13.1 Å². The van der Waals surface area contributed by atoms with Crippen molar-refractivity contribution in [3.63, 3.8) is 0 Å². The van der Waals surface area contributed by atoms with Crippen molar-refractivity contribution >= 4 is 5.91 Å². The summed E-state index contributed by atoms with van der Waals surface area (Å²) < 4.78 is 0. The Morgan fingerprint density at radius 3 is 2.72 bits per heavy atom. The highest BCUT2D eigenvalue weighted by atomic mass is 16.2. The predicted octanol–water partition coefficient (Wildman–Crippen LogP) is 2.02. The first kappa shape index (κ1) is 12.5. The number of amides is 1. The third-order valence-corrected chi connectivity index (χ3v) is 4.84. The highest BCUT2D eigenvalue weighted by Gasteiger charge is 2.45. The lowest BCUT2D eigenvalue weighted by molar-refractivity contribution is -0.135. The van der Waals surface area contributed by atoms with Crippen LogP contribution in [0.2, 0.25) is 0 Å². The number of nitrogens with zero attached hydrogens (tertiary/aromatic N) is 1. The molecular formula is C15H26N2O. The fourth-order valence-electron chi connectivity index (χ4n) is 3.84. The average Bonchev–Trinajstić information content (AvgIpc) is 2.91. The summed E-state index contributed by atoms with van der Waals surface area (Å²) in [7, 11) is 0. The van der Waals surface area contributed by atoms with Gasteiger partial charge in [0.05, 0.1) is 6.04 Å². The molecule has 2 saturated carbocycles. The quantitative estimate of drug-likeness (QED) is 0.828. The molecular weight excluding hydrogens is 224 g/mol. The second kappa shape index (κ2) is 4.84. The largest absolute Gasteiger partial charge is 0.338 e. The first-order valence-corrected chi connectivity index (χ1v) is 7.70. The van der Waals surface area contributed by atoms with Crippen LogP contribution in [0.3, 0.4) is 0 Å². The number of hydrogen-bond donors (Lipinski definition) is 1. The van der Waals surface area contributed by atoms with E-state index < -0.39 is 0 Å². The molecule has 0 spiro atoms. The highest BCUT2D eigenvalue weighted by Crippen LogP contribution is 2.39. The molecule has 0 bridgehead atoms. The number of carbonyl (C=O) groups is 1. The lowest BCUT2D eigenvalue weighted by Gasteiger charge is -2.29. The summed E-state index contributed by atoms with van der Waals surface area (Å²) in [4.78, 5) is 15.0. The van der Waals surface area contributed by atoms with E-state index >= 15 is 0 Å². The van der Waals surface area contributed by atoms with Gasteiger partial charge in [-0.25, -0.2) is 0 Å². The number of rotatable bonds is 4. The Morgan fingerprint density at radius 1 is 1.28 bits per heavy atom. The van der Waals surface area contributed by atoms with Crippen molar-refractivity contribution in [2.45, 2.75) is 58.0 Å². The molecule has 1 heterocycles. The van der Waals surface area contributed by atoms with E-state index in [1.165, 1.54) is 32.1 Å². The summed E-state index contributed by atoms with van der Waals surface area (Å²) in [5.41, 5.74) is 0. The van der Waals surface area contributed by atoms with Crippen LogP contribution in [0.5, 0.6) is 0 Å². The minimum atomic E-state index is 0.136. The zero-order valence-electron chi connectivity index (χ0n) is 11.7. The minimum absolute atomic E-state index is 0.136. The highest BCUT2D eigenvalue weighted by molar-refractivity contribution is 5.83. The summed E-state index contributed by atoms with van der Waals surface area (Å²) in [5, 5.41) is 3.50. The van der Waals surface area contributed by atoms with Crippen LogP contribution in [-0.4, -0.2) is 36.0 Å².